The molecule has 17 heavy (non-hydrogen) atoms. The topological polar surface area (TPSA) is 70.0 Å². The van der Waals surface area contributed by atoms with Gasteiger partial charge >= 0.3 is 0 Å². The van der Waals surface area contributed by atoms with Crippen LogP contribution in [0.15, 0.2) is 16.6 Å². The van der Waals surface area contributed by atoms with E-state index in [-0.39, 0.29) is 29.8 Å². The van der Waals surface area contributed by atoms with Crippen molar-refractivity contribution < 1.29 is 5.11 Å². The van der Waals surface area contributed by atoms with E-state index in [0.717, 1.165) is 10.9 Å². The Kier molecular flexibility index (Phi) is 6.54. The predicted octanol–water partition coefficient (Wildman–Crippen LogP) is 3.49. The molecule has 3 nitrogen and oxygen atoms in total. The SMILES string of the molecule is CC(C)C[C@@H](N)c1c(Br)ccc(C#N)c1O.Cl. The van der Waals surface area contributed by atoms with Crippen LogP contribution >= 0.6 is 28.3 Å². The quantitative estimate of drug-likeness (QED) is 0.896. The molecule has 0 bridgehead atoms. The van der Waals surface area contributed by atoms with Crippen LogP contribution in [0.3, 0.4) is 0 Å². The molecule has 0 aliphatic rings. The molecule has 0 saturated carbocycles. The Balaban J connectivity index is 0.00000256. The zero-order chi connectivity index (χ0) is 12.3. The Morgan fingerprint density at radius 2 is 2.06 bits per heavy atom. The van der Waals surface area contributed by atoms with Crippen LogP contribution in [0.4, 0.5) is 0 Å². The molecule has 0 saturated heterocycles. The number of rotatable bonds is 3. The van der Waals surface area contributed by atoms with Gasteiger partial charge < -0.3 is 10.8 Å². The molecule has 0 aromatic heterocycles. The van der Waals surface area contributed by atoms with Gasteiger partial charge in [0.15, 0.2) is 0 Å². The molecule has 5 heteroatoms. The second kappa shape index (κ2) is 6.85. The number of nitrogens with zero attached hydrogens (tertiary/aromatic N) is 1. The van der Waals surface area contributed by atoms with Gasteiger partial charge in [-0.3, -0.25) is 0 Å². The van der Waals surface area contributed by atoms with Crippen molar-refractivity contribution >= 4 is 28.3 Å². The zero-order valence-electron chi connectivity index (χ0n) is 9.77. The maximum Gasteiger partial charge on any atom is 0.139 e. The van der Waals surface area contributed by atoms with Crippen LogP contribution in [-0.2, 0) is 0 Å². The lowest BCUT2D eigenvalue weighted by Gasteiger charge is -2.17. The van der Waals surface area contributed by atoms with Crippen molar-refractivity contribution in [1.82, 2.24) is 0 Å². The Hall–Kier alpha value is -0.760. The highest BCUT2D eigenvalue weighted by molar-refractivity contribution is 9.10. The van der Waals surface area contributed by atoms with Gasteiger partial charge in [0.25, 0.3) is 0 Å². The highest BCUT2D eigenvalue weighted by atomic mass is 79.9. The Bertz CT molecular complexity index is 429. The van der Waals surface area contributed by atoms with Crippen LogP contribution in [0.2, 0.25) is 0 Å². The standard InChI is InChI=1S/C12H15BrN2O.ClH/c1-7(2)5-10(15)11-9(13)4-3-8(6-14)12(11)16;/h3-4,7,10,16H,5,15H2,1-2H3;1H/t10-;/m1./s1. The average Bonchev–Trinajstić information content (AvgIpc) is 2.16. The summed E-state index contributed by atoms with van der Waals surface area (Å²) in [5, 5.41) is 18.8. The molecular formula is C12H16BrClN2O. The van der Waals surface area contributed by atoms with Crippen molar-refractivity contribution in [1.29, 1.82) is 5.26 Å². The van der Waals surface area contributed by atoms with E-state index in [1.807, 2.05) is 6.07 Å². The third kappa shape index (κ3) is 3.88. The van der Waals surface area contributed by atoms with Crippen LogP contribution in [0.25, 0.3) is 0 Å². The summed E-state index contributed by atoms with van der Waals surface area (Å²) in [4.78, 5) is 0. The fraction of sp³-hybridized carbons (Fsp3) is 0.417. The predicted molar refractivity (Wildman–Crippen MR) is 74.2 cm³/mol. The molecule has 0 radical (unpaired) electrons. The minimum atomic E-state index is -0.261. The summed E-state index contributed by atoms with van der Waals surface area (Å²) in [5.41, 5.74) is 6.90. The Labute approximate surface area is 116 Å². The molecular weight excluding hydrogens is 304 g/mol. The van der Waals surface area contributed by atoms with Crippen LogP contribution in [-0.4, -0.2) is 5.11 Å². The van der Waals surface area contributed by atoms with E-state index in [1.165, 1.54) is 0 Å². The van der Waals surface area contributed by atoms with Crippen molar-refractivity contribution in [2.75, 3.05) is 0 Å². The molecule has 0 unspecified atom stereocenters. The molecule has 0 fully saturated rings. The van der Waals surface area contributed by atoms with Gasteiger partial charge in [0.05, 0.1) is 5.56 Å². The fourth-order valence-corrected chi connectivity index (χ4v) is 2.27. The minimum Gasteiger partial charge on any atom is -0.506 e. The number of aromatic hydroxyl groups is 1. The lowest BCUT2D eigenvalue weighted by Crippen LogP contribution is -2.14. The third-order valence-electron chi connectivity index (χ3n) is 2.38. The summed E-state index contributed by atoms with van der Waals surface area (Å²) in [7, 11) is 0. The van der Waals surface area contributed by atoms with Crippen LogP contribution in [0.5, 0.6) is 5.75 Å². The van der Waals surface area contributed by atoms with Gasteiger partial charge in [-0.15, -0.1) is 12.4 Å². The molecule has 1 atom stereocenters. The normalized spacial score (nSPS) is 11.8. The fourth-order valence-electron chi connectivity index (χ4n) is 1.65. The number of hydrogen-bond donors (Lipinski definition) is 2. The van der Waals surface area contributed by atoms with Gasteiger partial charge in [-0.25, -0.2) is 0 Å². The summed E-state index contributed by atoms with van der Waals surface area (Å²) in [6.45, 7) is 4.14. The molecule has 1 rings (SSSR count). The zero-order valence-corrected chi connectivity index (χ0v) is 12.2. The van der Waals surface area contributed by atoms with Gasteiger partial charge in [0, 0.05) is 16.1 Å². The number of hydrogen-bond acceptors (Lipinski definition) is 3. The van der Waals surface area contributed by atoms with Crippen LogP contribution in [0.1, 0.15) is 37.4 Å². The Morgan fingerprint density at radius 1 is 1.47 bits per heavy atom. The van der Waals surface area contributed by atoms with Gasteiger partial charge in [0.2, 0.25) is 0 Å². The molecule has 0 aliphatic carbocycles. The van der Waals surface area contributed by atoms with Gasteiger partial charge in [-0.2, -0.15) is 5.26 Å². The highest BCUT2D eigenvalue weighted by Crippen LogP contribution is 2.35. The van der Waals surface area contributed by atoms with E-state index >= 15 is 0 Å². The minimum absolute atomic E-state index is 0. The van der Waals surface area contributed by atoms with E-state index in [0.29, 0.717) is 11.5 Å². The Morgan fingerprint density at radius 3 is 2.53 bits per heavy atom. The van der Waals surface area contributed by atoms with Gasteiger partial charge in [-0.05, 0) is 24.5 Å². The largest absolute Gasteiger partial charge is 0.506 e. The van der Waals surface area contributed by atoms with Crippen molar-refractivity contribution in [3.05, 3.63) is 27.7 Å². The molecule has 0 amide bonds. The summed E-state index contributed by atoms with van der Waals surface area (Å²) in [6, 6.07) is 5.00. The lowest BCUT2D eigenvalue weighted by molar-refractivity contribution is 0.443. The van der Waals surface area contributed by atoms with Crippen molar-refractivity contribution in [3.8, 4) is 11.8 Å². The van der Waals surface area contributed by atoms with E-state index in [9.17, 15) is 5.11 Å². The summed E-state index contributed by atoms with van der Waals surface area (Å²) < 4.78 is 0.747. The monoisotopic (exact) mass is 318 g/mol. The highest BCUT2D eigenvalue weighted by Gasteiger charge is 2.18. The average molecular weight is 320 g/mol. The number of benzene rings is 1. The number of nitriles is 1. The summed E-state index contributed by atoms with van der Waals surface area (Å²) >= 11 is 3.35. The second-order valence-electron chi connectivity index (χ2n) is 4.21. The second-order valence-corrected chi connectivity index (χ2v) is 5.06. The van der Waals surface area contributed by atoms with Gasteiger partial charge in [-0.1, -0.05) is 29.8 Å². The first kappa shape index (κ1) is 16.2. The number of halogens is 2. The summed E-state index contributed by atoms with van der Waals surface area (Å²) in [6.07, 6.45) is 0.765. The van der Waals surface area contributed by atoms with Gasteiger partial charge in [0.1, 0.15) is 11.8 Å². The van der Waals surface area contributed by atoms with Crippen LogP contribution in [0, 0.1) is 17.2 Å². The molecule has 94 valence electrons. The van der Waals surface area contributed by atoms with E-state index in [4.69, 9.17) is 11.0 Å². The number of phenols is 1. The molecule has 0 spiro atoms. The van der Waals surface area contributed by atoms with Crippen molar-refractivity contribution in [2.24, 2.45) is 11.7 Å². The number of nitrogens with two attached hydrogens (primary N) is 1. The lowest BCUT2D eigenvalue weighted by atomic mass is 9.95. The maximum absolute atomic E-state index is 9.92. The van der Waals surface area contributed by atoms with Crippen molar-refractivity contribution in [2.45, 2.75) is 26.3 Å². The smallest absolute Gasteiger partial charge is 0.139 e. The third-order valence-corrected chi connectivity index (χ3v) is 3.07. The summed E-state index contributed by atoms with van der Waals surface area (Å²) in [5.74, 6) is 0.428. The van der Waals surface area contributed by atoms with E-state index in [2.05, 4.69) is 29.8 Å². The first-order chi connectivity index (χ1) is 7.47. The first-order valence-corrected chi connectivity index (χ1v) is 5.93. The van der Waals surface area contributed by atoms with Crippen molar-refractivity contribution in [3.63, 3.8) is 0 Å². The van der Waals surface area contributed by atoms with Crippen LogP contribution < -0.4 is 5.73 Å². The number of phenolic OH excluding ortho intramolecular Hbond substituents is 1. The van der Waals surface area contributed by atoms with E-state index in [1.54, 1.807) is 12.1 Å². The molecule has 3 N–H and O–H groups in total. The van der Waals surface area contributed by atoms with E-state index < -0.39 is 0 Å². The maximum atomic E-state index is 9.92. The molecule has 0 aliphatic heterocycles. The first-order valence-electron chi connectivity index (χ1n) is 5.14. The molecule has 0 heterocycles. The molecule has 1 aromatic carbocycles. The molecule has 1 aromatic rings.